The van der Waals surface area contributed by atoms with E-state index >= 15 is 0 Å². The summed E-state index contributed by atoms with van der Waals surface area (Å²) in [5.41, 5.74) is 0. The first kappa shape index (κ1) is 13.0. The van der Waals surface area contributed by atoms with Crippen LogP contribution < -0.4 is 0 Å². The summed E-state index contributed by atoms with van der Waals surface area (Å²) in [5.74, 6) is 0. The quantitative estimate of drug-likeness (QED) is 0.693. The van der Waals surface area contributed by atoms with Gasteiger partial charge in [-0.25, -0.2) is 0 Å². The van der Waals surface area contributed by atoms with E-state index < -0.39 is 0 Å². The summed E-state index contributed by atoms with van der Waals surface area (Å²) in [4.78, 5) is 25.0. The maximum absolute atomic E-state index is 11.0. The first-order chi connectivity index (χ1) is 5.95. The molecule has 0 rings (SSSR count). The van der Waals surface area contributed by atoms with Gasteiger partial charge in [-0.3, -0.25) is 9.59 Å². The summed E-state index contributed by atoms with van der Waals surface area (Å²) in [6, 6.07) is 0. The second-order valence-electron chi connectivity index (χ2n) is 2.56. The van der Waals surface area contributed by atoms with E-state index in [0.717, 1.165) is 21.6 Å². The van der Waals surface area contributed by atoms with Gasteiger partial charge in [-0.05, 0) is 9.83 Å². The van der Waals surface area contributed by atoms with Gasteiger partial charge < -0.3 is 9.80 Å². The van der Waals surface area contributed by atoms with Crippen molar-refractivity contribution in [1.82, 2.24) is 9.80 Å². The highest BCUT2D eigenvalue weighted by molar-refractivity contribution is 9.14. The molecule has 4 nitrogen and oxygen atoms in total. The lowest BCUT2D eigenvalue weighted by molar-refractivity contribution is 0.241. The Morgan fingerprint density at radius 1 is 0.846 bits per heavy atom. The molecule has 0 unspecified atom stereocenters. The third kappa shape index (κ3) is 6.11. The maximum atomic E-state index is 11.0. The lowest BCUT2D eigenvalue weighted by atomic mass is 11.0. The molecule has 13 heavy (non-hydrogen) atoms. The molecule has 0 N–H and O–H groups in total. The van der Waals surface area contributed by atoms with Crippen LogP contribution in [0.5, 0.6) is 0 Å². The van der Waals surface area contributed by atoms with Crippen molar-refractivity contribution in [2.75, 3.05) is 28.2 Å². The molecule has 76 valence electrons. The van der Waals surface area contributed by atoms with Crippen LogP contribution in [0, 0.1) is 0 Å². The van der Waals surface area contributed by atoms with E-state index in [9.17, 15) is 9.59 Å². The van der Waals surface area contributed by atoms with Crippen LogP contribution in [-0.2, 0) is 0 Å². The molecule has 0 aromatic heterocycles. The number of carbonyl (C=O) groups excluding carboxylic acids is 2. The highest BCUT2D eigenvalue weighted by Gasteiger charge is 2.09. The molecule has 0 aliphatic rings. The van der Waals surface area contributed by atoms with E-state index in [4.69, 9.17) is 0 Å². The molecule has 0 fully saturated rings. The zero-order chi connectivity index (χ0) is 10.4. The van der Waals surface area contributed by atoms with Gasteiger partial charge in [-0.15, -0.1) is 0 Å². The molecule has 0 spiro atoms. The molecule has 0 aromatic carbocycles. The summed E-state index contributed by atoms with van der Waals surface area (Å²) in [5, 5.41) is -0.131. The third-order valence-corrected chi connectivity index (χ3v) is 4.58. The van der Waals surface area contributed by atoms with Gasteiger partial charge in [0.2, 0.25) is 0 Å². The van der Waals surface area contributed by atoms with Gasteiger partial charge in [0.05, 0.1) is 0 Å². The molecule has 0 aliphatic heterocycles. The van der Waals surface area contributed by atoms with E-state index in [1.54, 1.807) is 28.2 Å². The van der Waals surface area contributed by atoms with Gasteiger partial charge in [0.25, 0.3) is 10.5 Å². The fourth-order valence-electron chi connectivity index (χ4n) is 0.224. The van der Waals surface area contributed by atoms with Crippen LogP contribution in [-0.4, -0.2) is 48.5 Å². The van der Waals surface area contributed by atoms with Crippen molar-refractivity contribution in [3.8, 4) is 0 Å². The minimum Gasteiger partial charge on any atom is -0.339 e. The predicted molar refractivity (Wildman–Crippen MR) is 60.9 cm³/mol. The highest BCUT2D eigenvalue weighted by Crippen LogP contribution is 2.36. The van der Waals surface area contributed by atoms with Crippen molar-refractivity contribution in [2.45, 2.75) is 0 Å². The number of nitrogens with zero attached hydrogens (tertiary/aromatic N) is 2. The van der Waals surface area contributed by atoms with Gasteiger partial charge >= 0.3 is 0 Å². The Morgan fingerprint density at radius 3 is 1.38 bits per heavy atom. The molecule has 2 amide bonds. The van der Waals surface area contributed by atoms with E-state index in [1.807, 2.05) is 0 Å². The van der Waals surface area contributed by atoms with Crippen LogP contribution >= 0.6 is 31.4 Å². The zero-order valence-corrected chi connectivity index (χ0v) is 10.4. The van der Waals surface area contributed by atoms with E-state index in [0.29, 0.717) is 0 Å². The van der Waals surface area contributed by atoms with Gasteiger partial charge in [0.15, 0.2) is 0 Å². The van der Waals surface area contributed by atoms with Crippen molar-refractivity contribution in [1.29, 1.82) is 0 Å². The second kappa shape index (κ2) is 6.44. The first-order valence-electron chi connectivity index (χ1n) is 3.39. The Labute approximate surface area is 89.6 Å². The standard InChI is InChI=1S/C6H12N2O2S3/c1-7(2)5(9)11-13-12-6(10)8(3)4/h1-4H3. The largest absolute Gasteiger partial charge is 0.339 e. The zero-order valence-electron chi connectivity index (χ0n) is 7.94. The predicted octanol–water partition coefficient (Wildman–Crippen LogP) is 2.38. The second-order valence-corrected chi connectivity index (χ2v) is 6.36. The molecule has 0 radical (unpaired) electrons. The number of hydrogen-bond acceptors (Lipinski definition) is 5. The fourth-order valence-corrected chi connectivity index (χ4v) is 3.37. The van der Waals surface area contributed by atoms with E-state index in [1.165, 1.54) is 19.6 Å². The molecular formula is C6H12N2O2S3. The molecular weight excluding hydrogens is 228 g/mol. The smallest absolute Gasteiger partial charge is 0.292 e. The number of amides is 2. The summed E-state index contributed by atoms with van der Waals surface area (Å²) in [7, 11) is 9.98. The van der Waals surface area contributed by atoms with Crippen LogP contribution in [0.2, 0.25) is 0 Å². The molecule has 0 aromatic rings. The number of carbonyl (C=O) groups is 2. The van der Waals surface area contributed by atoms with Crippen molar-refractivity contribution in [2.24, 2.45) is 0 Å². The normalized spacial score (nSPS) is 9.54. The van der Waals surface area contributed by atoms with Gasteiger partial charge in [0, 0.05) is 49.8 Å². The number of rotatable bonds is 2. The van der Waals surface area contributed by atoms with Crippen molar-refractivity contribution in [3.05, 3.63) is 0 Å². The topological polar surface area (TPSA) is 40.6 Å². The van der Waals surface area contributed by atoms with Crippen LogP contribution in [0.15, 0.2) is 0 Å². The first-order valence-corrected chi connectivity index (χ1v) is 6.87. The van der Waals surface area contributed by atoms with Gasteiger partial charge in [0.1, 0.15) is 0 Å². The third-order valence-electron chi connectivity index (χ3n) is 0.941. The van der Waals surface area contributed by atoms with E-state index in [2.05, 4.69) is 0 Å². The van der Waals surface area contributed by atoms with Crippen LogP contribution in [0.25, 0.3) is 0 Å². The van der Waals surface area contributed by atoms with Crippen LogP contribution in [0.1, 0.15) is 0 Å². The Kier molecular flexibility index (Phi) is 6.44. The average molecular weight is 240 g/mol. The Bertz CT molecular complexity index is 176. The van der Waals surface area contributed by atoms with Crippen molar-refractivity contribution >= 4 is 41.9 Å². The van der Waals surface area contributed by atoms with Crippen LogP contribution in [0.4, 0.5) is 9.59 Å². The lowest BCUT2D eigenvalue weighted by Crippen LogP contribution is -2.16. The van der Waals surface area contributed by atoms with Gasteiger partial charge in [-0.2, -0.15) is 0 Å². The molecule has 0 heterocycles. The summed E-state index contributed by atoms with van der Waals surface area (Å²) >= 11 is 0. The summed E-state index contributed by atoms with van der Waals surface area (Å²) in [6.07, 6.45) is 0. The highest BCUT2D eigenvalue weighted by atomic mass is 33.5. The molecule has 7 heteroatoms. The molecule has 0 bridgehead atoms. The Hall–Kier alpha value is -0.0100. The monoisotopic (exact) mass is 240 g/mol. The molecule has 0 saturated heterocycles. The fraction of sp³-hybridized carbons (Fsp3) is 0.667. The molecule has 0 saturated carbocycles. The molecule has 0 atom stereocenters. The lowest BCUT2D eigenvalue weighted by Gasteiger charge is -2.09. The Morgan fingerprint density at radius 2 is 1.15 bits per heavy atom. The van der Waals surface area contributed by atoms with E-state index in [-0.39, 0.29) is 10.5 Å². The van der Waals surface area contributed by atoms with Crippen molar-refractivity contribution < 1.29 is 9.59 Å². The van der Waals surface area contributed by atoms with Crippen LogP contribution in [0.3, 0.4) is 0 Å². The maximum Gasteiger partial charge on any atom is 0.292 e. The minimum atomic E-state index is -0.0657. The van der Waals surface area contributed by atoms with Crippen molar-refractivity contribution in [3.63, 3.8) is 0 Å². The van der Waals surface area contributed by atoms with Gasteiger partial charge in [-0.1, -0.05) is 0 Å². The minimum absolute atomic E-state index is 0.0657. The SMILES string of the molecule is CN(C)C(=O)SSSC(=O)N(C)C. The summed E-state index contributed by atoms with van der Waals surface area (Å²) in [6.45, 7) is 0. The Balaban J connectivity index is 3.57. The average Bonchev–Trinajstić information content (AvgIpc) is 2.03. The number of hydrogen-bond donors (Lipinski definition) is 0. The molecule has 0 aliphatic carbocycles. The summed E-state index contributed by atoms with van der Waals surface area (Å²) < 4.78 is 0.